The van der Waals surface area contributed by atoms with E-state index in [4.69, 9.17) is 4.74 Å². The summed E-state index contributed by atoms with van der Waals surface area (Å²) in [6, 6.07) is 1.39. The summed E-state index contributed by atoms with van der Waals surface area (Å²) in [5, 5.41) is 6.13. The van der Waals surface area contributed by atoms with E-state index in [9.17, 15) is 13.6 Å². The lowest BCUT2D eigenvalue weighted by molar-refractivity contribution is 0.0119. The third kappa shape index (κ3) is 1.98. The van der Waals surface area contributed by atoms with Gasteiger partial charge in [0.25, 0.3) is 11.8 Å². The lowest BCUT2D eigenvalue weighted by atomic mass is 10.3. The maximum Gasteiger partial charge on any atom is 0.272 e. The molecule has 0 atom stereocenters. The zero-order chi connectivity index (χ0) is 11.8. The minimum absolute atomic E-state index is 0.0627. The second-order valence-corrected chi connectivity index (χ2v) is 3.66. The van der Waals surface area contributed by atoms with Gasteiger partial charge in [-0.25, -0.2) is 8.78 Å². The number of hydrogen-bond donors (Lipinski definition) is 1. The first-order valence-corrected chi connectivity index (χ1v) is 4.78. The molecule has 0 radical (unpaired) electrons. The zero-order valence-electron chi connectivity index (χ0n) is 8.67. The predicted octanol–water partition coefficient (Wildman–Crippen LogP) is 0.899. The van der Waals surface area contributed by atoms with Crippen molar-refractivity contribution in [1.29, 1.82) is 0 Å². The molecule has 2 rings (SSSR count). The summed E-state index contributed by atoms with van der Waals surface area (Å²) in [6.07, 6.45) is -0.288. The second-order valence-electron chi connectivity index (χ2n) is 3.66. The maximum absolute atomic E-state index is 12.9. The van der Waals surface area contributed by atoms with E-state index in [1.165, 1.54) is 13.2 Å². The number of carbonyl (C=O) groups is 1. The molecule has 1 saturated heterocycles. The van der Waals surface area contributed by atoms with E-state index in [1.807, 2.05) is 0 Å². The predicted molar refractivity (Wildman–Crippen MR) is 50.6 cm³/mol. The first-order valence-electron chi connectivity index (χ1n) is 4.78. The summed E-state index contributed by atoms with van der Waals surface area (Å²) in [4.78, 5) is 12.8. The summed E-state index contributed by atoms with van der Waals surface area (Å²) in [7, 11) is 1.41. The first kappa shape index (κ1) is 10.8. The monoisotopic (exact) mass is 231 g/mol. The lowest BCUT2D eigenvalue weighted by Gasteiger charge is -2.14. The van der Waals surface area contributed by atoms with Crippen molar-refractivity contribution in [3.05, 3.63) is 11.8 Å². The molecule has 88 valence electrons. The number of aromatic amines is 1. The highest BCUT2D eigenvalue weighted by molar-refractivity contribution is 5.92. The molecule has 0 spiro atoms. The van der Waals surface area contributed by atoms with Crippen molar-refractivity contribution < 1.29 is 18.3 Å². The summed E-state index contributed by atoms with van der Waals surface area (Å²) in [5.41, 5.74) is 0.162. The van der Waals surface area contributed by atoms with E-state index in [0.29, 0.717) is 0 Å². The molecular formula is C9H11F2N3O2. The number of rotatable bonds is 2. The number of aromatic nitrogens is 2. The van der Waals surface area contributed by atoms with Crippen LogP contribution in [-0.2, 0) is 0 Å². The average Bonchev–Trinajstić information content (AvgIpc) is 2.83. The van der Waals surface area contributed by atoms with Gasteiger partial charge in [-0.3, -0.25) is 9.89 Å². The Bertz CT molecular complexity index is 405. The van der Waals surface area contributed by atoms with E-state index in [2.05, 4.69) is 10.2 Å². The average molecular weight is 231 g/mol. The molecule has 1 aliphatic heterocycles. The molecule has 1 aromatic heterocycles. The van der Waals surface area contributed by atoms with Crippen molar-refractivity contribution in [2.45, 2.75) is 12.3 Å². The highest BCUT2D eigenvalue weighted by Crippen LogP contribution is 2.27. The Morgan fingerprint density at radius 3 is 2.94 bits per heavy atom. The molecule has 1 N–H and O–H groups in total. The van der Waals surface area contributed by atoms with Crippen LogP contribution in [0.5, 0.6) is 5.88 Å². The third-order valence-electron chi connectivity index (χ3n) is 2.45. The number of halogens is 2. The van der Waals surface area contributed by atoms with Crippen LogP contribution in [0.3, 0.4) is 0 Å². The molecule has 0 aliphatic carbocycles. The smallest absolute Gasteiger partial charge is 0.272 e. The number of nitrogens with zero attached hydrogens (tertiary/aromatic N) is 2. The van der Waals surface area contributed by atoms with Crippen molar-refractivity contribution in [2.75, 3.05) is 20.2 Å². The SMILES string of the molecule is COc1cc(C(=O)N2CCC(F)(F)C2)[nH]n1. The molecule has 1 aliphatic rings. The summed E-state index contributed by atoms with van der Waals surface area (Å²) < 4.78 is 30.6. The van der Waals surface area contributed by atoms with Gasteiger partial charge in [-0.2, -0.15) is 0 Å². The van der Waals surface area contributed by atoms with E-state index in [-0.39, 0.29) is 24.5 Å². The van der Waals surface area contributed by atoms with Crippen molar-refractivity contribution in [3.63, 3.8) is 0 Å². The van der Waals surface area contributed by atoms with Gasteiger partial charge in [-0.05, 0) is 0 Å². The van der Waals surface area contributed by atoms with E-state index < -0.39 is 18.4 Å². The molecule has 16 heavy (non-hydrogen) atoms. The Morgan fingerprint density at radius 2 is 2.44 bits per heavy atom. The molecule has 0 saturated carbocycles. The molecule has 0 aromatic carbocycles. The van der Waals surface area contributed by atoms with Crippen LogP contribution < -0.4 is 4.74 Å². The molecule has 7 heteroatoms. The summed E-state index contributed by atoms with van der Waals surface area (Å²) in [5.74, 6) is -3.00. The minimum atomic E-state index is -2.78. The van der Waals surface area contributed by atoms with Crippen molar-refractivity contribution in [3.8, 4) is 5.88 Å². The number of alkyl halides is 2. The molecule has 0 bridgehead atoms. The van der Waals surface area contributed by atoms with Crippen LogP contribution in [0.4, 0.5) is 8.78 Å². The normalized spacial score (nSPS) is 18.8. The fourth-order valence-corrected chi connectivity index (χ4v) is 1.60. The number of likely N-dealkylation sites (tertiary alicyclic amines) is 1. The van der Waals surface area contributed by atoms with Gasteiger partial charge in [-0.1, -0.05) is 0 Å². The van der Waals surface area contributed by atoms with Crippen LogP contribution in [0.2, 0.25) is 0 Å². The Hall–Kier alpha value is -1.66. The molecule has 1 amide bonds. The molecule has 5 nitrogen and oxygen atoms in total. The molecular weight excluding hydrogens is 220 g/mol. The number of ether oxygens (including phenoxy) is 1. The van der Waals surface area contributed by atoms with Gasteiger partial charge in [-0.15, -0.1) is 5.10 Å². The van der Waals surface area contributed by atoms with Gasteiger partial charge in [0.15, 0.2) is 0 Å². The van der Waals surface area contributed by atoms with Gasteiger partial charge >= 0.3 is 0 Å². The van der Waals surface area contributed by atoms with Gasteiger partial charge in [0.2, 0.25) is 5.88 Å². The van der Waals surface area contributed by atoms with E-state index >= 15 is 0 Å². The van der Waals surface area contributed by atoms with Crippen LogP contribution in [0, 0.1) is 0 Å². The van der Waals surface area contributed by atoms with Crippen LogP contribution in [0.1, 0.15) is 16.9 Å². The number of nitrogens with one attached hydrogen (secondary N) is 1. The van der Waals surface area contributed by atoms with Crippen molar-refractivity contribution in [1.82, 2.24) is 15.1 Å². The zero-order valence-corrected chi connectivity index (χ0v) is 8.67. The standard InChI is InChI=1S/C9H11F2N3O2/c1-16-7-4-6(12-13-7)8(15)14-3-2-9(10,11)5-14/h4H,2-3,5H2,1H3,(H,12,13). The van der Waals surface area contributed by atoms with Gasteiger partial charge < -0.3 is 9.64 Å². The van der Waals surface area contributed by atoms with Crippen LogP contribution in [0.15, 0.2) is 6.07 Å². The Balaban J connectivity index is 2.08. The number of methoxy groups -OCH3 is 1. The van der Waals surface area contributed by atoms with E-state index in [1.54, 1.807) is 0 Å². The molecule has 1 fully saturated rings. The summed E-state index contributed by atoms with van der Waals surface area (Å²) in [6.45, 7) is -0.472. The van der Waals surface area contributed by atoms with Crippen molar-refractivity contribution in [2.24, 2.45) is 0 Å². The molecule has 2 heterocycles. The number of carbonyl (C=O) groups excluding carboxylic acids is 1. The highest BCUT2D eigenvalue weighted by Gasteiger charge is 2.40. The minimum Gasteiger partial charge on any atom is -0.480 e. The third-order valence-corrected chi connectivity index (χ3v) is 2.45. The number of amides is 1. The number of hydrogen-bond acceptors (Lipinski definition) is 3. The maximum atomic E-state index is 12.9. The Morgan fingerprint density at radius 1 is 1.69 bits per heavy atom. The largest absolute Gasteiger partial charge is 0.480 e. The first-order chi connectivity index (χ1) is 7.52. The van der Waals surface area contributed by atoms with Gasteiger partial charge in [0, 0.05) is 19.0 Å². The van der Waals surface area contributed by atoms with Crippen LogP contribution in [-0.4, -0.2) is 47.1 Å². The van der Waals surface area contributed by atoms with Gasteiger partial charge in [0.1, 0.15) is 5.69 Å². The quantitative estimate of drug-likeness (QED) is 0.822. The molecule has 0 unspecified atom stereocenters. The van der Waals surface area contributed by atoms with Crippen LogP contribution in [0.25, 0.3) is 0 Å². The lowest BCUT2D eigenvalue weighted by Crippen LogP contribution is -2.31. The molecule has 1 aromatic rings. The fourth-order valence-electron chi connectivity index (χ4n) is 1.60. The Labute approximate surface area is 90.4 Å². The van der Waals surface area contributed by atoms with Gasteiger partial charge in [0.05, 0.1) is 13.7 Å². The summed E-state index contributed by atoms with van der Waals surface area (Å²) >= 11 is 0. The fraction of sp³-hybridized carbons (Fsp3) is 0.556. The van der Waals surface area contributed by atoms with Crippen LogP contribution >= 0.6 is 0 Å². The van der Waals surface area contributed by atoms with E-state index in [0.717, 1.165) is 4.90 Å². The topological polar surface area (TPSA) is 58.2 Å². The van der Waals surface area contributed by atoms with Crippen molar-refractivity contribution >= 4 is 5.91 Å². The Kier molecular flexibility index (Phi) is 2.53. The second kappa shape index (κ2) is 3.73. The highest BCUT2D eigenvalue weighted by atomic mass is 19.3. The number of H-pyrrole nitrogens is 1.